The highest BCUT2D eigenvalue weighted by atomic mass is 16.2. The zero-order valence-corrected chi connectivity index (χ0v) is 12.2. The predicted octanol–water partition coefficient (Wildman–Crippen LogP) is 1.65. The van der Waals surface area contributed by atoms with Crippen molar-refractivity contribution in [2.24, 2.45) is 17.8 Å². The lowest BCUT2D eigenvalue weighted by Crippen LogP contribution is -2.45. The van der Waals surface area contributed by atoms with Crippen LogP contribution in [0.3, 0.4) is 0 Å². The van der Waals surface area contributed by atoms with Gasteiger partial charge in [-0.15, -0.1) is 0 Å². The van der Waals surface area contributed by atoms with Crippen LogP contribution in [-0.2, 0) is 9.59 Å². The van der Waals surface area contributed by atoms with Crippen LogP contribution in [0.15, 0.2) is 0 Å². The number of hydrogen-bond acceptors (Lipinski definition) is 2. The number of carbonyl (C=O) groups is 2. The summed E-state index contributed by atoms with van der Waals surface area (Å²) in [5, 5.41) is 2.72. The van der Waals surface area contributed by atoms with Crippen molar-refractivity contribution >= 4 is 11.8 Å². The van der Waals surface area contributed by atoms with Gasteiger partial charge in [-0.05, 0) is 24.7 Å². The van der Waals surface area contributed by atoms with Crippen molar-refractivity contribution in [3.8, 4) is 0 Å². The monoisotopic (exact) mass is 254 g/mol. The summed E-state index contributed by atoms with van der Waals surface area (Å²) in [6.45, 7) is 11.8. The van der Waals surface area contributed by atoms with Crippen LogP contribution in [0.2, 0.25) is 0 Å². The molecule has 1 heterocycles. The van der Waals surface area contributed by atoms with E-state index in [-0.39, 0.29) is 17.9 Å². The number of rotatable bonds is 4. The fourth-order valence-electron chi connectivity index (χ4n) is 2.62. The molecule has 0 aromatic carbocycles. The third-order valence-electron chi connectivity index (χ3n) is 3.81. The molecule has 1 aliphatic heterocycles. The standard InChI is InChI=1S/C14H26N2O2/c1-9(2)12(10(3)4)8-16-7-6-13(17)15-11(5)14(16)18/h9-12H,6-8H2,1-5H3,(H,15,17). The van der Waals surface area contributed by atoms with Crippen LogP contribution in [0.1, 0.15) is 41.0 Å². The molecule has 0 saturated carbocycles. The van der Waals surface area contributed by atoms with Gasteiger partial charge < -0.3 is 10.2 Å². The first-order valence-electron chi connectivity index (χ1n) is 6.91. The molecule has 1 atom stereocenters. The molecule has 4 heteroatoms. The van der Waals surface area contributed by atoms with E-state index in [1.54, 1.807) is 6.92 Å². The Labute approximate surface area is 110 Å². The highest BCUT2D eigenvalue weighted by Crippen LogP contribution is 2.22. The average molecular weight is 254 g/mol. The maximum atomic E-state index is 12.2. The van der Waals surface area contributed by atoms with Crippen molar-refractivity contribution in [3.63, 3.8) is 0 Å². The number of nitrogens with one attached hydrogen (secondary N) is 1. The Bertz CT molecular complexity index is 305. The van der Waals surface area contributed by atoms with Crippen LogP contribution in [0.25, 0.3) is 0 Å². The summed E-state index contributed by atoms with van der Waals surface area (Å²) >= 11 is 0. The van der Waals surface area contributed by atoms with E-state index in [9.17, 15) is 9.59 Å². The minimum Gasteiger partial charge on any atom is -0.345 e. The van der Waals surface area contributed by atoms with Gasteiger partial charge in [-0.2, -0.15) is 0 Å². The molecular formula is C14H26N2O2. The van der Waals surface area contributed by atoms with Crippen LogP contribution in [0.5, 0.6) is 0 Å². The van der Waals surface area contributed by atoms with Gasteiger partial charge in [0.1, 0.15) is 6.04 Å². The maximum Gasteiger partial charge on any atom is 0.244 e. The highest BCUT2D eigenvalue weighted by Gasteiger charge is 2.29. The van der Waals surface area contributed by atoms with E-state index in [1.165, 1.54) is 0 Å². The smallest absolute Gasteiger partial charge is 0.244 e. The lowest BCUT2D eigenvalue weighted by atomic mass is 9.85. The van der Waals surface area contributed by atoms with Crippen molar-refractivity contribution in [1.29, 1.82) is 0 Å². The number of carbonyl (C=O) groups excluding carboxylic acids is 2. The Morgan fingerprint density at radius 1 is 1.22 bits per heavy atom. The van der Waals surface area contributed by atoms with Gasteiger partial charge in [-0.25, -0.2) is 0 Å². The van der Waals surface area contributed by atoms with E-state index in [2.05, 4.69) is 33.0 Å². The minimum atomic E-state index is -0.389. The van der Waals surface area contributed by atoms with Gasteiger partial charge in [0.05, 0.1) is 0 Å². The zero-order valence-electron chi connectivity index (χ0n) is 12.2. The van der Waals surface area contributed by atoms with Crippen LogP contribution >= 0.6 is 0 Å². The van der Waals surface area contributed by atoms with Gasteiger partial charge in [-0.3, -0.25) is 9.59 Å². The first kappa shape index (κ1) is 15.0. The van der Waals surface area contributed by atoms with E-state index < -0.39 is 0 Å². The van der Waals surface area contributed by atoms with Gasteiger partial charge in [0, 0.05) is 19.5 Å². The number of hydrogen-bond donors (Lipinski definition) is 1. The Balaban J connectivity index is 2.74. The molecule has 18 heavy (non-hydrogen) atoms. The maximum absolute atomic E-state index is 12.2. The van der Waals surface area contributed by atoms with Crippen LogP contribution in [-0.4, -0.2) is 35.8 Å². The summed E-state index contributed by atoms with van der Waals surface area (Å²) in [5.41, 5.74) is 0. The summed E-state index contributed by atoms with van der Waals surface area (Å²) in [7, 11) is 0. The summed E-state index contributed by atoms with van der Waals surface area (Å²) in [6.07, 6.45) is 0.416. The van der Waals surface area contributed by atoms with E-state index in [0.29, 0.717) is 30.7 Å². The summed E-state index contributed by atoms with van der Waals surface area (Å²) in [6, 6.07) is -0.389. The van der Waals surface area contributed by atoms with E-state index in [4.69, 9.17) is 0 Å². The zero-order chi connectivity index (χ0) is 13.9. The van der Waals surface area contributed by atoms with Crippen molar-refractivity contribution in [2.75, 3.05) is 13.1 Å². The summed E-state index contributed by atoms with van der Waals surface area (Å²) in [5.74, 6) is 1.59. The predicted molar refractivity (Wildman–Crippen MR) is 72.0 cm³/mol. The molecular weight excluding hydrogens is 228 g/mol. The van der Waals surface area contributed by atoms with Crippen molar-refractivity contribution in [2.45, 2.75) is 47.1 Å². The summed E-state index contributed by atoms with van der Waals surface area (Å²) in [4.78, 5) is 25.5. The molecule has 1 saturated heterocycles. The molecule has 0 bridgehead atoms. The molecule has 1 aliphatic rings. The van der Waals surface area contributed by atoms with Crippen LogP contribution in [0.4, 0.5) is 0 Å². The van der Waals surface area contributed by atoms with Gasteiger partial charge in [0.15, 0.2) is 0 Å². The molecule has 0 aromatic rings. The molecule has 1 rings (SSSR count). The van der Waals surface area contributed by atoms with Gasteiger partial charge in [-0.1, -0.05) is 27.7 Å². The molecule has 104 valence electrons. The SMILES string of the molecule is CC1NC(=O)CCN(CC(C(C)C)C(C)C)C1=O. The molecule has 0 spiro atoms. The van der Waals surface area contributed by atoms with Crippen molar-refractivity contribution < 1.29 is 9.59 Å². The molecule has 1 N–H and O–H groups in total. The lowest BCUT2D eigenvalue weighted by Gasteiger charge is -2.32. The van der Waals surface area contributed by atoms with Crippen LogP contribution < -0.4 is 5.32 Å². The first-order valence-corrected chi connectivity index (χ1v) is 6.91. The Morgan fingerprint density at radius 3 is 2.28 bits per heavy atom. The molecule has 1 unspecified atom stereocenters. The Hall–Kier alpha value is -1.06. The molecule has 0 aromatic heterocycles. The normalized spacial score (nSPS) is 21.8. The molecule has 2 amide bonds. The third-order valence-corrected chi connectivity index (χ3v) is 3.81. The van der Waals surface area contributed by atoms with Gasteiger partial charge in [0.2, 0.25) is 11.8 Å². The van der Waals surface area contributed by atoms with E-state index >= 15 is 0 Å². The van der Waals surface area contributed by atoms with E-state index in [1.807, 2.05) is 4.90 Å². The second kappa shape index (κ2) is 6.21. The largest absolute Gasteiger partial charge is 0.345 e. The summed E-state index contributed by atoms with van der Waals surface area (Å²) < 4.78 is 0. The first-order chi connectivity index (χ1) is 8.32. The molecule has 0 aliphatic carbocycles. The lowest BCUT2D eigenvalue weighted by molar-refractivity contribution is -0.134. The minimum absolute atomic E-state index is 0.0241. The van der Waals surface area contributed by atoms with Crippen molar-refractivity contribution in [1.82, 2.24) is 10.2 Å². The fraction of sp³-hybridized carbons (Fsp3) is 0.857. The van der Waals surface area contributed by atoms with E-state index in [0.717, 1.165) is 6.54 Å². The Kier molecular flexibility index (Phi) is 5.17. The highest BCUT2D eigenvalue weighted by molar-refractivity contribution is 5.89. The third kappa shape index (κ3) is 3.72. The molecule has 1 fully saturated rings. The fourth-order valence-corrected chi connectivity index (χ4v) is 2.62. The number of nitrogens with zero attached hydrogens (tertiary/aromatic N) is 1. The van der Waals surface area contributed by atoms with Gasteiger partial charge in [0.25, 0.3) is 0 Å². The second-order valence-electron chi connectivity index (χ2n) is 5.98. The Morgan fingerprint density at radius 2 is 1.78 bits per heavy atom. The average Bonchev–Trinajstić information content (AvgIpc) is 2.37. The van der Waals surface area contributed by atoms with Gasteiger partial charge >= 0.3 is 0 Å². The quantitative estimate of drug-likeness (QED) is 0.829. The van der Waals surface area contributed by atoms with Crippen LogP contribution in [0, 0.1) is 17.8 Å². The topological polar surface area (TPSA) is 49.4 Å². The molecule has 0 radical (unpaired) electrons. The van der Waals surface area contributed by atoms with Crippen molar-refractivity contribution in [3.05, 3.63) is 0 Å². The molecule has 4 nitrogen and oxygen atoms in total. The number of amides is 2. The second-order valence-corrected chi connectivity index (χ2v) is 5.98.